The fourth-order valence-electron chi connectivity index (χ4n) is 2.53. The molecule has 1 heterocycles. The maximum Gasteiger partial charge on any atom is 0.351 e. The standard InChI is InChI=1S/C18H15ClO4/c1-18(10-13-4-2-3-5-15(13)16(20)23-18)17(21)22-11-12-6-8-14(19)9-7-12/h2-9H,10-11H2,1H3. The number of hydrogen-bond acceptors (Lipinski definition) is 4. The fourth-order valence-corrected chi connectivity index (χ4v) is 2.65. The molecule has 0 amide bonds. The molecule has 0 spiro atoms. The van der Waals surface area contributed by atoms with E-state index in [9.17, 15) is 9.59 Å². The number of carbonyl (C=O) groups is 2. The van der Waals surface area contributed by atoms with Crippen LogP contribution in [0.3, 0.4) is 0 Å². The molecule has 4 nitrogen and oxygen atoms in total. The Balaban J connectivity index is 1.72. The topological polar surface area (TPSA) is 52.6 Å². The van der Waals surface area contributed by atoms with E-state index in [4.69, 9.17) is 21.1 Å². The van der Waals surface area contributed by atoms with E-state index < -0.39 is 17.5 Å². The second-order valence-corrected chi connectivity index (χ2v) is 6.09. The molecule has 0 aromatic heterocycles. The van der Waals surface area contributed by atoms with Gasteiger partial charge in [-0.15, -0.1) is 0 Å². The second kappa shape index (κ2) is 6.05. The number of rotatable bonds is 3. The lowest BCUT2D eigenvalue weighted by atomic mass is 9.90. The minimum absolute atomic E-state index is 0.102. The van der Waals surface area contributed by atoms with Gasteiger partial charge in [-0.05, 0) is 36.2 Å². The SMILES string of the molecule is CC1(C(=O)OCc2ccc(Cl)cc2)Cc2ccccc2C(=O)O1. The summed E-state index contributed by atoms with van der Waals surface area (Å²) in [7, 11) is 0. The Morgan fingerprint density at radius 3 is 2.65 bits per heavy atom. The average molecular weight is 331 g/mol. The summed E-state index contributed by atoms with van der Waals surface area (Å²) in [6.07, 6.45) is 0.300. The molecule has 118 valence electrons. The van der Waals surface area contributed by atoms with Gasteiger partial charge in [0.2, 0.25) is 5.60 Å². The van der Waals surface area contributed by atoms with E-state index in [0.29, 0.717) is 17.0 Å². The Morgan fingerprint density at radius 1 is 1.22 bits per heavy atom. The minimum atomic E-state index is -1.31. The maximum absolute atomic E-state index is 12.4. The molecule has 0 saturated carbocycles. The van der Waals surface area contributed by atoms with Crippen LogP contribution in [-0.4, -0.2) is 17.5 Å². The van der Waals surface area contributed by atoms with Crippen LogP contribution >= 0.6 is 11.6 Å². The van der Waals surface area contributed by atoms with Crippen LogP contribution in [0.1, 0.15) is 28.4 Å². The van der Waals surface area contributed by atoms with Gasteiger partial charge in [0.25, 0.3) is 0 Å². The monoisotopic (exact) mass is 330 g/mol. The van der Waals surface area contributed by atoms with Gasteiger partial charge in [0, 0.05) is 11.4 Å². The molecule has 0 saturated heterocycles. The first-order chi connectivity index (χ1) is 11.0. The number of carbonyl (C=O) groups excluding carboxylic acids is 2. The molecule has 0 aliphatic carbocycles. The van der Waals surface area contributed by atoms with Crippen molar-refractivity contribution in [3.05, 3.63) is 70.2 Å². The molecule has 0 radical (unpaired) electrons. The quantitative estimate of drug-likeness (QED) is 0.807. The van der Waals surface area contributed by atoms with Crippen molar-refractivity contribution in [3.63, 3.8) is 0 Å². The van der Waals surface area contributed by atoms with E-state index in [1.165, 1.54) is 0 Å². The first kappa shape index (κ1) is 15.6. The zero-order valence-electron chi connectivity index (χ0n) is 12.5. The molecule has 0 N–H and O–H groups in total. The van der Waals surface area contributed by atoms with Crippen molar-refractivity contribution in [3.8, 4) is 0 Å². The van der Waals surface area contributed by atoms with Crippen molar-refractivity contribution >= 4 is 23.5 Å². The van der Waals surface area contributed by atoms with Gasteiger partial charge in [-0.1, -0.05) is 41.9 Å². The molecule has 1 unspecified atom stereocenters. The highest BCUT2D eigenvalue weighted by Crippen LogP contribution is 2.29. The maximum atomic E-state index is 12.4. The summed E-state index contributed by atoms with van der Waals surface area (Å²) in [6.45, 7) is 1.68. The van der Waals surface area contributed by atoms with Crippen molar-refractivity contribution in [2.75, 3.05) is 0 Å². The lowest BCUT2D eigenvalue weighted by Crippen LogP contribution is -2.46. The molecule has 3 rings (SSSR count). The molecule has 1 atom stereocenters. The second-order valence-electron chi connectivity index (χ2n) is 5.66. The Morgan fingerprint density at radius 2 is 1.91 bits per heavy atom. The molecular formula is C18H15ClO4. The third-order valence-electron chi connectivity index (χ3n) is 3.80. The summed E-state index contributed by atoms with van der Waals surface area (Å²) in [5.74, 6) is -1.06. The van der Waals surface area contributed by atoms with Crippen LogP contribution in [0.15, 0.2) is 48.5 Å². The highest BCUT2D eigenvalue weighted by molar-refractivity contribution is 6.30. The lowest BCUT2D eigenvalue weighted by Gasteiger charge is -2.32. The lowest BCUT2D eigenvalue weighted by molar-refractivity contribution is -0.166. The van der Waals surface area contributed by atoms with Crippen molar-refractivity contribution in [1.82, 2.24) is 0 Å². The number of ether oxygens (including phenoxy) is 2. The number of cyclic esters (lactones) is 1. The zero-order chi connectivity index (χ0) is 16.4. The molecular weight excluding hydrogens is 316 g/mol. The van der Waals surface area contributed by atoms with E-state index in [2.05, 4.69) is 0 Å². The van der Waals surface area contributed by atoms with Gasteiger partial charge in [0.15, 0.2) is 0 Å². The summed E-state index contributed by atoms with van der Waals surface area (Å²) < 4.78 is 10.6. The van der Waals surface area contributed by atoms with E-state index >= 15 is 0 Å². The predicted octanol–water partition coefficient (Wildman–Crippen LogP) is 3.56. The summed E-state index contributed by atoms with van der Waals surface area (Å²) in [5.41, 5.74) is 0.789. The van der Waals surface area contributed by atoms with Crippen molar-refractivity contribution in [1.29, 1.82) is 0 Å². The van der Waals surface area contributed by atoms with Gasteiger partial charge in [-0.2, -0.15) is 0 Å². The first-order valence-corrected chi connectivity index (χ1v) is 7.59. The minimum Gasteiger partial charge on any atom is -0.458 e. The summed E-state index contributed by atoms with van der Waals surface area (Å²) in [6, 6.07) is 14.1. The highest BCUT2D eigenvalue weighted by Gasteiger charge is 2.43. The highest BCUT2D eigenvalue weighted by atomic mass is 35.5. The van der Waals surface area contributed by atoms with Crippen LogP contribution in [0.2, 0.25) is 5.02 Å². The Kier molecular flexibility index (Phi) is 4.09. The number of fused-ring (bicyclic) bond motifs is 1. The Bertz CT molecular complexity index is 754. The van der Waals surface area contributed by atoms with Crippen LogP contribution in [0.4, 0.5) is 0 Å². The smallest absolute Gasteiger partial charge is 0.351 e. The molecule has 0 fully saturated rings. The van der Waals surface area contributed by atoms with Gasteiger partial charge in [0.05, 0.1) is 5.56 Å². The van der Waals surface area contributed by atoms with Crippen LogP contribution in [0.5, 0.6) is 0 Å². The third kappa shape index (κ3) is 3.22. The molecule has 2 aromatic rings. The summed E-state index contributed by atoms with van der Waals surface area (Å²) in [5, 5.41) is 0.616. The summed E-state index contributed by atoms with van der Waals surface area (Å²) in [4.78, 5) is 24.5. The van der Waals surface area contributed by atoms with Crippen molar-refractivity contribution in [2.45, 2.75) is 25.6 Å². The van der Waals surface area contributed by atoms with Gasteiger partial charge in [0.1, 0.15) is 6.61 Å². The molecule has 5 heteroatoms. The normalized spacial score (nSPS) is 19.7. The first-order valence-electron chi connectivity index (χ1n) is 7.21. The van der Waals surface area contributed by atoms with Crippen LogP contribution in [-0.2, 0) is 27.3 Å². The number of halogens is 1. The number of benzene rings is 2. The zero-order valence-corrected chi connectivity index (χ0v) is 13.3. The number of esters is 2. The summed E-state index contributed by atoms with van der Waals surface area (Å²) >= 11 is 5.82. The average Bonchev–Trinajstić information content (AvgIpc) is 2.54. The van der Waals surface area contributed by atoms with Gasteiger partial charge in [-0.3, -0.25) is 0 Å². The molecule has 2 aromatic carbocycles. The molecule has 1 aliphatic heterocycles. The molecule has 0 bridgehead atoms. The van der Waals surface area contributed by atoms with Crippen LogP contribution < -0.4 is 0 Å². The molecule has 23 heavy (non-hydrogen) atoms. The van der Waals surface area contributed by atoms with E-state index in [0.717, 1.165) is 11.1 Å². The Hall–Kier alpha value is -2.33. The third-order valence-corrected chi connectivity index (χ3v) is 4.05. The Labute approximate surface area is 139 Å². The molecule has 1 aliphatic rings. The fraction of sp³-hybridized carbons (Fsp3) is 0.222. The van der Waals surface area contributed by atoms with Gasteiger partial charge in [-0.25, -0.2) is 9.59 Å². The van der Waals surface area contributed by atoms with Gasteiger partial charge >= 0.3 is 11.9 Å². The largest absolute Gasteiger partial charge is 0.458 e. The van der Waals surface area contributed by atoms with Crippen molar-refractivity contribution < 1.29 is 19.1 Å². The van der Waals surface area contributed by atoms with Crippen molar-refractivity contribution in [2.24, 2.45) is 0 Å². The van der Waals surface area contributed by atoms with Crippen LogP contribution in [0, 0.1) is 0 Å². The van der Waals surface area contributed by atoms with Gasteiger partial charge < -0.3 is 9.47 Å². The van der Waals surface area contributed by atoms with E-state index in [-0.39, 0.29) is 6.61 Å². The van der Waals surface area contributed by atoms with E-state index in [1.54, 1.807) is 43.3 Å². The van der Waals surface area contributed by atoms with E-state index in [1.807, 2.05) is 12.1 Å². The number of hydrogen-bond donors (Lipinski definition) is 0. The van der Waals surface area contributed by atoms with Crippen LogP contribution in [0.25, 0.3) is 0 Å². The predicted molar refractivity (Wildman–Crippen MR) is 85.2 cm³/mol.